The first-order valence-corrected chi connectivity index (χ1v) is 2.48. The van der Waals surface area contributed by atoms with Crippen molar-refractivity contribution in [3.63, 3.8) is 0 Å². The summed E-state index contributed by atoms with van der Waals surface area (Å²) in [6.07, 6.45) is -1.11. The number of carbonyl (C=O) groups excluding carboxylic acids is 1. The molecule has 3 heteroatoms. The second-order valence-electron chi connectivity index (χ2n) is 1.71. The summed E-state index contributed by atoms with van der Waals surface area (Å²) < 4.78 is 0. The van der Waals surface area contributed by atoms with Crippen molar-refractivity contribution in [2.24, 2.45) is 0 Å². The average Bonchev–Trinajstić information content (AvgIpc) is 1.67. The first-order valence-electron chi connectivity index (χ1n) is 2.48. The molecule has 2 N–H and O–H groups in total. The summed E-state index contributed by atoms with van der Waals surface area (Å²) in [6, 6.07) is 0. The van der Waals surface area contributed by atoms with E-state index in [1.165, 1.54) is 6.92 Å². The zero-order chi connectivity index (χ0) is 6.57. The molecule has 0 rings (SSSR count). The lowest BCUT2D eigenvalue weighted by Gasteiger charge is -2.07. The Kier molecular flexibility index (Phi) is 3.39. The SMILES string of the molecule is CC(O)C(O)CC=O. The first kappa shape index (κ1) is 7.59. The fourth-order valence-electron chi connectivity index (χ4n) is 0.296. The fraction of sp³-hybridized carbons (Fsp3) is 0.800. The fourth-order valence-corrected chi connectivity index (χ4v) is 0.296. The summed E-state index contributed by atoms with van der Waals surface area (Å²) >= 11 is 0. The van der Waals surface area contributed by atoms with Crippen LogP contribution in [0.4, 0.5) is 0 Å². The van der Waals surface area contributed by atoms with Gasteiger partial charge in [-0.25, -0.2) is 0 Å². The highest BCUT2D eigenvalue weighted by Crippen LogP contribution is 1.93. The van der Waals surface area contributed by atoms with E-state index < -0.39 is 12.2 Å². The Morgan fingerprint density at radius 1 is 1.62 bits per heavy atom. The summed E-state index contributed by atoms with van der Waals surface area (Å²) in [6.45, 7) is 1.44. The predicted octanol–water partition coefficient (Wildman–Crippen LogP) is -0.683. The largest absolute Gasteiger partial charge is 0.391 e. The van der Waals surface area contributed by atoms with E-state index in [1.807, 2.05) is 0 Å². The molecule has 0 radical (unpaired) electrons. The Balaban J connectivity index is 3.30. The maximum absolute atomic E-state index is 9.65. The summed E-state index contributed by atoms with van der Waals surface area (Å²) in [4.78, 5) is 9.65. The van der Waals surface area contributed by atoms with Crippen LogP contribution in [0.25, 0.3) is 0 Å². The van der Waals surface area contributed by atoms with Crippen LogP contribution in [0.2, 0.25) is 0 Å². The van der Waals surface area contributed by atoms with Crippen LogP contribution in [0.3, 0.4) is 0 Å². The van der Waals surface area contributed by atoms with E-state index in [0.29, 0.717) is 6.29 Å². The summed E-state index contributed by atoms with van der Waals surface area (Å²) in [5.41, 5.74) is 0. The van der Waals surface area contributed by atoms with Gasteiger partial charge in [0.25, 0.3) is 0 Å². The highest BCUT2D eigenvalue weighted by Gasteiger charge is 2.08. The van der Waals surface area contributed by atoms with E-state index in [1.54, 1.807) is 0 Å². The van der Waals surface area contributed by atoms with Gasteiger partial charge >= 0.3 is 0 Å². The summed E-state index contributed by atoms with van der Waals surface area (Å²) in [5.74, 6) is 0. The van der Waals surface area contributed by atoms with Gasteiger partial charge in [0.15, 0.2) is 0 Å². The van der Waals surface area contributed by atoms with Gasteiger partial charge < -0.3 is 15.0 Å². The quantitative estimate of drug-likeness (QED) is 0.482. The smallest absolute Gasteiger partial charge is 0.122 e. The lowest BCUT2D eigenvalue weighted by Crippen LogP contribution is -2.22. The van der Waals surface area contributed by atoms with Crippen LogP contribution in [0.1, 0.15) is 13.3 Å². The lowest BCUT2D eigenvalue weighted by molar-refractivity contribution is -0.111. The number of hydrogen-bond acceptors (Lipinski definition) is 3. The van der Waals surface area contributed by atoms with E-state index in [2.05, 4.69) is 0 Å². The van der Waals surface area contributed by atoms with Crippen LogP contribution in [0.15, 0.2) is 0 Å². The number of aldehydes is 1. The van der Waals surface area contributed by atoms with Gasteiger partial charge in [0.1, 0.15) is 6.29 Å². The molecule has 0 aliphatic rings. The van der Waals surface area contributed by atoms with E-state index in [0.717, 1.165) is 0 Å². The van der Waals surface area contributed by atoms with Crippen molar-refractivity contribution in [3.05, 3.63) is 0 Å². The van der Waals surface area contributed by atoms with E-state index >= 15 is 0 Å². The second-order valence-corrected chi connectivity index (χ2v) is 1.71. The van der Waals surface area contributed by atoms with Gasteiger partial charge in [-0.3, -0.25) is 0 Å². The third-order valence-corrected chi connectivity index (χ3v) is 0.895. The van der Waals surface area contributed by atoms with Crippen LogP contribution >= 0.6 is 0 Å². The monoisotopic (exact) mass is 118 g/mol. The molecule has 3 nitrogen and oxygen atoms in total. The number of aliphatic hydroxyl groups is 2. The molecule has 0 saturated heterocycles. The van der Waals surface area contributed by atoms with Crippen LogP contribution in [-0.4, -0.2) is 28.7 Å². The Labute approximate surface area is 47.9 Å². The number of aliphatic hydroxyl groups excluding tert-OH is 2. The zero-order valence-electron chi connectivity index (χ0n) is 4.74. The second kappa shape index (κ2) is 3.57. The van der Waals surface area contributed by atoms with Gasteiger partial charge in [-0.1, -0.05) is 0 Å². The predicted molar refractivity (Wildman–Crippen MR) is 28.4 cm³/mol. The Morgan fingerprint density at radius 3 is 2.25 bits per heavy atom. The van der Waals surface area contributed by atoms with Crippen molar-refractivity contribution in [1.82, 2.24) is 0 Å². The highest BCUT2D eigenvalue weighted by atomic mass is 16.3. The van der Waals surface area contributed by atoms with Crippen molar-refractivity contribution >= 4 is 6.29 Å². The number of hydrogen-bond donors (Lipinski definition) is 2. The van der Waals surface area contributed by atoms with Crippen LogP contribution in [-0.2, 0) is 4.79 Å². The standard InChI is InChI=1S/C5H10O3/c1-4(7)5(8)2-3-6/h3-5,7-8H,2H2,1H3. The molecule has 0 aliphatic carbocycles. The van der Waals surface area contributed by atoms with Gasteiger partial charge in [-0.15, -0.1) is 0 Å². The van der Waals surface area contributed by atoms with Gasteiger partial charge in [0.2, 0.25) is 0 Å². The molecule has 0 aromatic rings. The minimum absolute atomic E-state index is 0.0116. The molecule has 0 heterocycles. The van der Waals surface area contributed by atoms with Crippen molar-refractivity contribution < 1.29 is 15.0 Å². The van der Waals surface area contributed by atoms with Crippen LogP contribution in [0.5, 0.6) is 0 Å². The topological polar surface area (TPSA) is 57.5 Å². The molecule has 0 saturated carbocycles. The molecule has 8 heavy (non-hydrogen) atoms. The van der Waals surface area contributed by atoms with Crippen molar-refractivity contribution in [1.29, 1.82) is 0 Å². The van der Waals surface area contributed by atoms with Gasteiger partial charge in [0.05, 0.1) is 12.2 Å². The lowest BCUT2D eigenvalue weighted by atomic mass is 10.2. The maximum Gasteiger partial charge on any atom is 0.122 e. The third-order valence-electron chi connectivity index (χ3n) is 0.895. The minimum atomic E-state index is -0.896. The van der Waals surface area contributed by atoms with E-state index in [-0.39, 0.29) is 6.42 Å². The highest BCUT2D eigenvalue weighted by molar-refractivity contribution is 5.50. The molecular weight excluding hydrogens is 108 g/mol. The first-order chi connectivity index (χ1) is 3.68. The molecule has 0 aromatic heterocycles. The molecule has 2 atom stereocenters. The Hall–Kier alpha value is -0.410. The number of rotatable bonds is 3. The van der Waals surface area contributed by atoms with Gasteiger partial charge in [0, 0.05) is 6.42 Å². The van der Waals surface area contributed by atoms with Crippen LogP contribution < -0.4 is 0 Å². The Morgan fingerprint density at radius 2 is 2.12 bits per heavy atom. The zero-order valence-corrected chi connectivity index (χ0v) is 4.74. The molecule has 48 valence electrons. The average molecular weight is 118 g/mol. The molecule has 2 unspecified atom stereocenters. The summed E-state index contributed by atoms with van der Waals surface area (Å²) in [7, 11) is 0. The molecule has 0 fully saturated rings. The van der Waals surface area contributed by atoms with Crippen LogP contribution in [0, 0.1) is 0 Å². The molecule has 0 spiro atoms. The van der Waals surface area contributed by atoms with Crippen molar-refractivity contribution in [2.75, 3.05) is 0 Å². The van der Waals surface area contributed by atoms with Crippen molar-refractivity contribution in [2.45, 2.75) is 25.6 Å². The Bertz CT molecular complexity index is 70.1. The van der Waals surface area contributed by atoms with Gasteiger partial charge in [-0.05, 0) is 6.92 Å². The van der Waals surface area contributed by atoms with E-state index in [4.69, 9.17) is 10.2 Å². The molecule has 0 amide bonds. The normalized spacial score (nSPS) is 17.4. The van der Waals surface area contributed by atoms with Gasteiger partial charge in [-0.2, -0.15) is 0 Å². The molecule has 0 bridgehead atoms. The third kappa shape index (κ3) is 2.71. The molecule has 0 aliphatic heterocycles. The number of carbonyl (C=O) groups is 1. The maximum atomic E-state index is 9.65. The minimum Gasteiger partial charge on any atom is -0.391 e. The van der Waals surface area contributed by atoms with E-state index in [9.17, 15) is 4.79 Å². The van der Waals surface area contributed by atoms with Crippen molar-refractivity contribution in [3.8, 4) is 0 Å². The summed E-state index contributed by atoms with van der Waals surface area (Å²) in [5, 5.41) is 17.2. The molecular formula is C5H10O3. The molecule has 0 aromatic carbocycles.